The van der Waals surface area contributed by atoms with Crippen LogP contribution in [0.5, 0.6) is 0 Å². The Hall–Kier alpha value is 0.630. The van der Waals surface area contributed by atoms with Gasteiger partial charge in [-0.2, -0.15) is 0 Å². The van der Waals surface area contributed by atoms with Crippen molar-refractivity contribution in [2.45, 2.75) is 22.6 Å². The van der Waals surface area contributed by atoms with Crippen molar-refractivity contribution in [1.82, 2.24) is 0 Å². The zero-order chi connectivity index (χ0) is 9.72. The third-order valence-corrected chi connectivity index (χ3v) is 3.23. The van der Waals surface area contributed by atoms with E-state index in [0.717, 1.165) is 0 Å². The van der Waals surface area contributed by atoms with E-state index in [9.17, 15) is 4.79 Å². The van der Waals surface area contributed by atoms with Crippen molar-refractivity contribution in [3.05, 3.63) is 0 Å². The largest absolute Gasteiger partial charge is 0.480 e. The number of carbonyl (C=O) groups is 1. The minimum Gasteiger partial charge on any atom is -0.480 e. The Morgan fingerprint density at radius 1 is 1.33 bits per heavy atom. The van der Waals surface area contributed by atoms with Crippen LogP contribution in [0.1, 0.15) is 6.42 Å². The summed E-state index contributed by atoms with van der Waals surface area (Å²) in [6.07, 6.45) is 0.438. The van der Waals surface area contributed by atoms with Gasteiger partial charge in [-0.15, -0.1) is 46.4 Å². The molecular weight excluding hydrogens is 246 g/mol. The second-order valence-electron chi connectivity index (χ2n) is 2.18. The summed E-state index contributed by atoms with van der Waals surface area (Å²) < 4.78 is 0. The minimum atomic E-state index is -1.17. The molecule has 6 heteroatoms. The van der Waals surface area contributed by atoms with Crippen LogP contribution in [-0.2, 0) is 4.79 Å². The molecule has 0 heterocycles. The molecule has 0 aromatic heterocycles. The summed E-state index contributed by atoms with van der Waals surface area (Å²) in [4.78, 5) is 10.3. The maximum Gasteiger partial charge on any atom is 0.323 e. The number of halogens is 4. The standard InChI is InChI=1S/C6H8Cl4O2/c7-2-1-3(8)4(9)5(10)6(11)12/h3-5H,1-2H2,(H,11,12). The van der Waals surface area contributed by atoms with Gasteiger partial charge in [0.05, 0.1) is 10.8 Å². The highest BCUT2D eigenvalue weighted by molar-refractivity contribution is 6.39. The number of carboxylic acids is 1. The van der Waals surface area contributed by atoms with Crippen LogP contribution in [0.2, 0.25) is 0 Å². The molecule has 0 aliphatic heterocycles. The Kier molecular flexibility index (Phi) is 6.46. The van der Waals surface area contributed by atoms with E-state index in [-0.39, 0.29) is 0 Å². The van der Waals surface area contributed by atoms with Crippen molar-refractivity contribution in [2.75, 3.05) is 5.88 Å². The lowest BCUT2D eigenvalue weighted by atomic mass is 10.2. The molecule has 0 aliphatic rings. The second-order valence-corrected chi connectivity index (χ2v) is 4.09. The van der Waals surface area contributed by atoms with Crippen molar-refractivity contribution < 1.29 is 9.90 Å². The third-order valence-electron chi connectivity index (χ3n) is 1.25. The quantitative estimate of drug-likeness (QED) is 0.765. The molecule has 0 aromatic carbocycles. The SMILES string of the molecule is O=C(O)C(Cl)C(Cl)C(Cl)CCCl. The first-order chi connectivity index (χ1) is 5.50. The topological polar surface area (TPSA) is 37.3 Å². The zero-order valence-corrected chi connectivity index (χ0v) is 9.04. The van der Waals surface area contributed by atoms with Crippen LogP contribution in [0, 0.1) is 0 Å². The first-order valence-corrected chi connectivity index (χ1v) is 5.06. The van der Waals surface area contributed by atoms with Gasteiger partial charge in [-0.1, -0.05) is 0 Å². The highest BCUT2D eigenvalue weighted by Gasteiger charge is 2.29. The normalized spacial score (nSPS) is 18.3. The molecule has 0 aromatic rings. The van der Waals surface area contributed by atoms with Gasteiger partial charge in [0.15, 0.2) is 0 Å². The maximum atomic E-state index is 10.3. The van der Waals surface area contributed by atoms with Gasteiger partial charge >= 0.3 is 5.97 Å². The summed E-state index contributed by atoms with van der Waals surface area (Å²) in [7, 11) is 0. The van der Waals surface area contributed by atoms with Gasteiger partial charge in [-0.3, -0.25) is 4.79 Å². The molecule has 0 rings (SSSR count). The first-order valence-electron chi connectivity index (χ1n) is 3.21. The number of alkyl halides is 4. The summed E-state index contributed by atoms with van der Waals surface area (Å²) in [5.41, 5.74) is 0. The fraction of sp³-hybridized carbons (Fsp3) is 0.833. The van der Waals surface area contributed by atoms with Crippen LogP contribution < -0.4 is 0 Å². The predicted molar refractivity (Wildman–Crippen MR) is 51.9 cm³/mol. The molecule has 0 saturated carbocycles. The highest BCUT2D eigenvalue weighted by atomic mass is 35.5. The first kappa shape index (κ1) is 12.6. The van der Waals surface area contributed by atoms with Gasteiger partial charge in [0.2, 0.25) is 0 Å². The Labute approximate surface area is 90.7 Å². The molecule has 72 valence electrons. The Bertz CT molecular complexity index is 152. The van der Waals surface area contributed by atoms with Crippen LogP contribution >= 0.6 is 46.4 Å². The van der Waals surface area contributed by atoms with E-state index in [0.29, 0.717) is 12.3 Å². The molecule has 0 spiro atoms. The second kappa shape index (κ2) is 6.14. The molecule has 0 amide bonds. The van der Waals surface area contributed by atoms with E-state index in [1.165, 1.54) is 0 Å². The maximum absolute atomic E-state index is 10.3. The smallest absolute Gasteiger partial charge is 0.323 e. The van der Waals surface area contributed by atoms with Gasteiger partial charge in [0.1, 0.15) is 5.38 Å². The fourth-order valence-corrected chi connectivity index (χ4v) is 1.67. The van der Waals surface area contributed by atoms with Crippen molar-refractivity contribution in [3.8, 4) is 0 Å². The summed E-state index contributed by atoms with van der Waals surface area (Å²) in [5, 5.41) is 5.98. The van der Waals surface area contributed by atoms with Crippen molar-refractivity contribution in [2.24, 2.45) is 0 Å². The number of hydrogen-bond donors (Lipinski definition) is 1. The number of hydrogen-bond acceptors (Lipinski definition) is 1. The Morgan fingerprint density at radius 3 is 2.17 bits per heavy atom. The zero-order valence-electron chi connectivity index (χ0n) is 6.01. The third kappa shape index (κ3) is 4.04. The van der Waals surface area contributed by atoms with Gasteiger partial charge in [0, 0.05) is 5.88 Å². The average molecular weight is 254 g/mol. The van der Waals surface area contributed by atoms with E-state index in [2.05, 4.69) is 0 Å². The minimum absolute atomic E-state index is 0.334. The lowest BCUT2D eigenvalue weighted by Gasteiger charge is -2.16. The van der Waals surface area contributed by atoms with Crippen LogP contribution in [0.3, 0.4) is 0 Å². The van der Waals surface area contributed by atoms with Gasteiger partial charge in [-0.25, -0.2) is 0 Å². The molecule has 3 atom stereocenters. The summed E-state index contributed by atoms with van der Waals surface area (Å²) >= 11 is 22.2. The summed E-state index contributed by atoms with van der Waals surface area (Å²) in [6, 6.07) is 0. The molecule has 1 N–H and O–H groups in total. The van der Waals surface area contributed by atoms with Crippen LogP contribution in [0.15, 0.2) is 0 Å². The Morgan fingerprint density at radius 2 is 1.83 bits per heavy atom. The van der Waals surface area contributed by atoms with Gasteiger partial charge in [0.25, 0.3) is 0 Å². The van der Waals surface area contributed by atoms with E-state index in [1.807, 2.05) is 0 Å². The lowest BCUT2D eigenvalue weighted by molar-refractivity contribution is -0.136. The molecule has 0 radical (unpaired) electrons. The average Bonchev–Trinajstić information content (AvgIpc) is 2.02. The van der Waals surface area contributed by atoms with Gasteiger partial charge < -0.3 is 5.11 Å². The van der Waals surface area contributed by atoms with Crippen LogP contribution in [0.4, 0.5) is 0 Å². The van der Waals surface area contributed by atoms with Crippen molar-refractivity contribution in [1.29, 1.82) is 0 Å². The molecule has 12 heavy (non-hydrogen) atoms. The van der Waals surface area contributed by atoms with Crippen molar-refractivity contribution in [3.63, 3.8) is 0 Å². The van der Waals surface area contributed by atoms with Crippen molar-refractivity contribution >= 4 is 52.4 Å². The molecule has 2 nitrogen and oxygen atoms in total. The number of aliphatic carboxylic acids is 1. The number of rotatable bonds is 5. The van der Waals surface area contributed by atoms with E-state index in [4.69, 9.17) is 51.5 Å². The molecule has 0 saturated heterocycles. The summed E-state index contributed by atoms with van der Waals surface area (Å²) in [6.45, 7) is 0. The van der Waals surface area contributed by atoms with E-state index in [1.54, 1.807) is 0 Å². The van der Waals surface area contributed by atoms with Crippen LogP contribution in [-0.4, -0.2) is 33.1 Å². The highest BCUT2D eigenvalue weighted by Crippen LogP contribution is 2.21. The lowest BCUT2D eigenvalue weighted by Crippen LogP contribution is -2.32. The van der Waals surface area contributed by atoms with E-state index >= 15 is 0 Å². The molecule has 0 bridgehead atoms. The monoisotopic (exact) mass is 252 g/mol. The Balaban J connectivity index is 3.99. The molecular formula is C6H8Cl4O2. The molecule has 0 fully saturated rings. The van der Waals surface area contributed by atoms with Gasteiger partial charge in [-0.05, 0) is 6.42 Å². The van der Waals surface area contributed by atoms with E-state index < -0.39 is 22.1 Å². The number of carboxylic acid groups (broad SMARTS) is 1. The molecule has 3 unspecified atom stereocenters. The summed E-state index contributed by atoms with van der Waals surface area (Å²) in [5.74, 6) is -0.836. The fourth-order valence-electron chi connectivity index (χ4n) is 0.583. The molecule has 0 aliphatic carbocycles. The predicted octanol–water partition coefficient (Wildman–Crippen LogP) is 2.52. The van der Waals surface area contributed by atoms with Crippen LogP contribution in [0.25, 0.3) is 0 Å².